The smallest absolute Gasteiger partial charge is 0.302 e. The SMILES string of the molecule is CCC(CC=O)C1CCN(C)CC1OC(C)=O. The third kappa shape index (κ3) is 4.11. The van der Waals surface area contributed by atoms with Crippen molar-refractivity contribution >= 4 is 12.3 Å². The molecule has 1 heterocycles. The number of hydrogen-bond acceptors (Lipinski definition) is 4. The third-order valence-corrected chi connectivity index (χ3v) is 3.66. The van der Waals surface area contributed by atoms with Gasteiger partial charge < -0.3 is 14.4 Å². The Balaban J connectivity index is 2.70. The summed E-state index contributed by atoms with van der Waals surface area (Å²) in [5.41, 5.74) is 0. The van der Waals surface area contributed by atoms with Gasteiger partial charge in [0.2, 0.25) is 0 Å². The molecule has 1 rings (SSSR count). The van der Waals surface area contributed by atoms with Crippen molar-refractivity contribution in [1.82, 2.24) is 4.90 Å². The Labute approximate surface area is 103 Å². The highest BCUT2D eigenvalue weighted by Gasteiger charge is 2.34. The average Bonchev–Trinajstić information content (AvgIpc) is 2.26. The van der Waals surface area contributed by atoms with Gasteiger partial charge in [0.1, 0.15) is 12.4 Å². The number of rotatable bonds is 5. The summed E-state index contributed by atoms with van der Waals surface area (Å²) in [5, 5.41) is 0. The van der Waals surface area contributed by atoms with Gasteiger partial charge in [-0.2, -0.15) is 0 Å². The second-order valence-corrected chi connectivity index (χ2v) is 4.93. The Kier molecular flexibility index (Phi) is 5.62. The fourth-order valence-corrected chi connectivity index (χ4v) is 2.73. The number of aldehydes is 1. The summed E-state index contributed by atoms with van der Waals surface area (Å²) < 4.78 is 5.41. The first-order valence-electron chi connectivity index (χ1n) is 6.37. The molecule has 4 nitrogen and oxygen atoms in total. The Hall–Kier alpha value is -0.900. The molecule has 0 aliphatic carbocycles. The van der Waals surface area contributed by atoms with Gasteiger partial charge in [-0.15, -0.1) is 0 Å². The van der Waals surface area contributed by atoms with Gasteiger partial charge in [-0.3, -0.25) is 4.79 Å². The van der Waals surface area contributed by atoms with Gasteiger partial charge in [-0.1, -0.05) is 13.3 Å². The van der Waals surface area contributed by atoms with Crippen molar-refractivity contribution < 1.29 is 14.3 Å². The van der Waals surface area contributed by atoms with Crippen molar-refractivity contribution in [3.63, 3.8) is 0 Å². The molecule has 17 heavy (non-hydrogen) atoms. The quantitative estimate of drug-likeness (QED) is 0.540. The minimum Gasteiger partial charge on any atom is -0.461 e. The van der Waals surface area contributed by atoms with E-state index in [1.807, 2.05) is 7.05 Å². The molecule has 0 aromatic rings. The molecule has 0 amide bonds. The number of esters is 1. The van der Waals surface area contributed by atoms with Crippen molar-refractivity contribution in [1.29, 1.82) is 0 Å². The Morgan fingerprint density at radius 2 is 2.29 bits per heavy atom. The Morgan fingerprint density at radius 3 is 2.82 bits per heavy atom. The normalized spacial score (nSPS) is 27.5. The van der Waals surface area contributed by atoms with E-state index in [4.69, 9.17) is 4.74 Å². The van der Waals surface area contributed by atoms with E-state index in [9.17, 15) is 9.59 Å². The topological polar surface area (TPSA) is 46.6 Å². The molecule has 0 saturated carbocycles. The molecule has 1 saturated heterocycles. The molecule has 1 fully saturated rings. The highest BCUT2D eigenvalue weighted by Crippen LogP contribution is 2.30. The van der Waals surface area contributed by atoms with Crippen LogP contribution in [-0.2, 0) is 14.3 Å². The Bertz CT molecular complexity index is 267. The molecular formula is C13H23NO3. The van der Waals surface area contributed by atoms with E-state index in [0.717, 1.165) is 32.2 Å². The number of likely N-dealkylation sites (tertiary alicyclic amines) is 1. The standard InChI is InChI=1S/C13H23NO3/c1-4-11(6-8-15)12-5-7-14(3)9-13(12)17-10(2)16/h8,11-13H,4-7,9H2,1-3H3. The van der Waals surface area contributed by atoms with Gasteiger partial charge in [0.05, 0.1) is 0 Å². The summed E-state index contributed by atoms with van der Waals surface area (Å²) in [6.07, 6.45) is 3.46. The molecule has 0 aromatic carbocycles. The predicted octanol–water partition coefficient (Wildman–Crippen LogP) is 1.49. The first-order valence-corrected chi connectivity index (χ1v) is 6.37. The number of piperidine rings is 1. The number of carbonyl (C=O) groups excluding carboxylic acids is 2. The van der Waals surface area contributed by atoms with Crippen LogP contribution in [0.4, 0.5) is 0 Å². The van der Waals surface area contributed by atoms with Crippen LogP contribution in [0.2, 0.25) is 0 Å². The summed E-state index contributed by atoms with van der Waals surface area (Å²) in [6, 6.07) is 0. The van der Waals surface area contributed by atoms with Crippen molar-refractivity contribution in [3.8, 4) is 0 Å². The highest BCUT2D eigenvalue weighted by molar-refractivity contribution is 5.66. The Morgan fingerprint density at radius 1 is 1.59 bits per heavy atom. The highest BCUT2D eigenvalue weighted by atomic mass is 16.5. The van der Waals surface area contributed by atoms with Crippen LogP contribution in [0.15, 0.2) is 0 Å². The molecule has 0 spiro atoms. The van der Waals surface area contributed by atoms with Gasteiger partial charge in [0.15, 0.2) is 0 Å². The zero-order valence-electron chi connectivity index (χ0n) is 11.0. The van der Waals surface area contributed by atoms with Crippen LogP contribution in [0.25, 0.3) is 0 Å². The number of carbonyl (C=O) groups is 2. The molecule has 0 aromatic heterocycles. The fraction of sp³-hybridized carbons (Fsp3) is 0.846. The molecule has 1 aliphatic heterocycles. The van der Waals surface area contributed by atoms with E-state index in [-0.39, 0.29) is 12.1 Å². The first kappa shape index (κ1) is 14.2. The van der Waals surface area contributed by atoms with E-state index >= 15 is 0 Å². The number of likely N-dealkylation sites (N-methyl/N-ethyl adjacent to an activating group) is 1. The second kappa shape index (κ2) is 6.74. The number of hydrogen-bond donors (Lipinski definition) is 0. The van der Waals surface area contributed by atoms with Crippen LogP contribution in [0, 0.1) is 11.8 Å². The summed E-state index contributed by atoms with van der Waals surface area (Å²) in [6.45, 7) is 5.33. The maximum Gasteiger partial charge on any atom is 0.302 e. The van der Waals surface area contributed by atoms with Crippen LogP contribution >= 0.6 is 0 Å². The van der Waals surface area contributed by atoms with Crippen LogP contribution in [0.1, 0.15) is 33.1 Å². The molecule has 0 radical (unpaired) electrons. The predicted molar refractivity (Wildman–Crippen MR) is 65.6 cm³/mol. The molecule has 4 heteroatoms. The monoisotopic (exact) mass is 241 g/mol. The van der Waals surface area contributed by atoms with Gasteiger partial charge in [-0.25, -0.2) is 0 Å². The maximum absolute atomic E-state index is 11.1. The summed E-state index contributed by atoms with van der Waals surface area (Å²) in [7, 11) is 2.04. The lowest BCUT2D eigenvalue weighted by Crippen LogP contribution is -2.46. The van der Waals surface area contributed by atoms with Crippen molar-refractivity contribution in [2.45, 2.75) is 39.2 Å². The molecular weight excluding hydrogens is 218 g/mol. The van der Waals surface area contributed by atoms with Gasteiger partial charge in [0, 0.05) is 25.8 Å². The van der Waals surface area contributed by atoms with Crippen molar-refractivity contribution in [3.05, 3.63) is 0 Å². The fourth-order valence-electron chi connectivity index (χ4n) is 2.73. The third-order valence-electron chi connectivity index (χ3n) is 3.66. The molecule has 0 bridgehead atoms. The summed E-state index contributed by atoms with van der Waals surface area (Å²) in [4.78, 5) is 24.0. The lowest BCUT2D eigenvalue weighted by atomic mass is 9.79. The van der Waals surface area contributed by atoms with Gasteiger partial charge in [0.25, 0.3) is 0 Å². The molecule has 98 valence electrons. The van der Waals surface area contributed by atoms with Crippen LogP contribution < -0.4 is 0 Å². The van der Waals surface area contributed by atoms with Crippen LogP contribution in [-0.4, -0.2) is 43.4 Å². The summed E-state index contributed by atoms with van der Waals surface area (Å²) in [5.74, 6) is 0.437. The second-order valence-electron chi connectivity index (χ2n) is 4.93. The van der Waals surface area contributed by atoms with Gasteiger partial charge in [-0.05, 0) is 25.9 Å². The molecule has 1 aliphatic rings. The molecule has 3 atom stereocenters. The van der Waals surface area contributed by atoms with Crippen LogP contribution in [0.5, 0.6) is 0 Å². The van der Waals surface area contributed by atoms with Crippen molar-refractivity contribution in [2.75, 3.05) is 20.1 Å². The van der Waals surface area contributed by atoms with Crippen molar-refractivity contribution in [2.24, 2.45) is 11.8 Å². The lowest BCUT2D eigenvalue weighted by Gasteiger charge is -2.39. The van der Waals surface area contributed by atoms with E-state index in [1.165, 1.54) is 6.92 Å². The number of ether oxygens (including phenoxy) is 1. The minimum atomic E-state index is -0.226. The van der Waals surface area contributed by atoms with E-state index in [2.05, 4.69) is 11.8 Å². The largest absolute Gasteiger partial charge is 0.461 e. The zero-order valence-corrected chi connectivity index (χ0v) is 11.0. The average molecular weight is 241 g/mol. The molecule has 0 N–H and O–H groups in total. The maximum atomic E-state index is 11.1. The zero-order chi connectivity index (χ0) is 12.8. The lowest BCUT2D eigenvalue weighted by molar-refractivity contribution is -0.154. The minimum absolute atomic E-state index is 0.0591. The van der Waals surface area contributed by atoms with Crippen LogP contribution in [0.3, 0.4) is 0 Å². The van der Waals surface area contributed by atoms with E-state index < -0.39 is 0 Å². The van der Waals surface area contributed by atoms with E-state index in [0.29, 0.717) is 18.3 Å². The first-order chi connectivity index (χ1) is 8.08. The number of nitrogens with zero attached hydrogens (tertiary/aromatic N) is 1. The summed E-state index contributed by atoms with van der Waals surface area (Å²) >= 11 is 0. The van der Waals surface area contributed by atoms with Gasteiger partial charge >= 0.3 is 5.97 Å². The van der Waals surface area contributed by atoms with E-state index in [1.54, 1.807) is 0 Å². The molecule has 3 unspecified atom stereocenters.